The normalized spacial score (nSPS) is 11.1. The van der Waals surface area contributed by atoms with Crippen molar-refractivity contribution in [2.24, 2.45) is 0 Å². The molecule has 2 aromatic carbocycles. The van der Waals surface area contributed by atoms with Gasteiger partial charge >= 0.3 is 0 Å². The van der Waals surface area contributed by atoms with Crippen LogP contribution in [0.4, 0.5) is 11.4 Å². The Morgan fingerprint density at radius 3 is 2.50 bits per heavy atom. The van der Waals surface area contributed by atoms with Crippen LogP contribution in [0.1, 0.15) is 6.92 Å². The van der Waals surface area contributed by atoms with Crippen LogP contribution >= 0.6 is 11.6 Å². The van der Waals surface area contributed by atoms with Crippen LogP contribution in [0.15, 0.2) is 53.4 Å². The molecule has 0 saturated heterocycles. The van der Waals surface area contributed by atoms with Gasteiger partial charge in [-0.25, -0.2) is 8.42 Å². The van der Waals surface area contributed by atoms with Crippen molar-refractivity contribution in [2.45, 2.75) is 11.8 Å². The van der Waals surface area contributed by atoms with Crippen LogP contribution in [0.3, 0.4) is 0 Å². The number of ether oxygens (including phenoxy) is 1. The molecule has 0 fully saturated rings. The van der Waals surface area contributed by atoms with E-state index in [2.05, 4.69) is 10.0 Å². The van der Waals surface area contributed by atoms with Gasteiger partial charge in [0.2, 0.25) is 5.91 Å². The van der Waals surface area contributed by atoms with Gasteiger partial charge in [0, 0.05) is 23.0 Å². The second-order valence-electron chi connectivity index (χ2n) is 4.83. The fourth-order valence-corrected chi connectivity index (χ4v) is 3.09. The minimum absolute atomic E-state index is 0.0339. The number of nitrogens with one attached hydrogen (secondary N) is 2. The maximum absolute atomic E-state index is 12.4. The number of carbonyl (C=O) groups is 1. The van der Waals surface area contributed by atoms with E-state index in [9.17, 15) is 13.2 Å². The lowest BCUT2D eigenvalue weighted by Gasteiger charge is -2.10. The first-order chi connectivity index (χ1) is 11.4. The van der Waals surface area contributed by atoms with E-state index in [1.54, 1.807) is 43.3 Å². The smallest absolute Gasteiger partial charge is 0.261 e. The fraction of sp³-hybridized carbons (Fsp3) is 0.188. The zero-order chi connectivity index (χ0) is 17.6. The van der Waals surface area contributed by atoms with Crippen molar-refractivity contribution < 1.29 is 17.9 Å². The molecule has 2 aromatic rings. The number of sulfonamides is 1. The SMILES string of the molecule is CCOCC(=O)Nc1cccc(S(=O)(=O)Nc2ccc(Cl)cc2)c1. The Balaban J connectivity index is 2.14. The predicted octanol–water partition coefficient (Wildman–Crippen LogP) is 3.12. The number of benzene rings is 2. The van der Waals surface area contributed by atoms with Crippen molar-refractivity contribution >= 4 is 38.9 Å². The first-order valence-electron chi connectivity index (χ1n) is 7.17. The third-order valence-corrected chi connectivity index (χ3v) is 4.59. The van der Waals surface area contributed by atoms with Crippen molar-refractivity contribution in [1.29, 1.82) is 0 Å². The summed E-state index contributed by atoms with van der Waals surface area (Å²) in [5.41, 5.74) is 0.767. The minimum atomic E-state index is -3.78. The summed E-state index contributed by atoms with van der Waals surface area (Å²) in [6, 6.07) is 12.3. The lowest BCUT2D eigenvalue weighted by molar-refractivity contribution is -0.120. The highest BCUT2D eigenvalue weighted by Crippen LogP contribution is 2.20. The molecule has 128 valence electrons. The molecule has 0 aliphatic carbocycles. The van der Waals surface area contributed by atoms with Gasteiger partial charge in [-0.3, -0.25) is 9.52 Å². The van der Waals surface area contributed by atoms with Gasteiger partial charge in [0.15, 0.2) is 0 Å². The molecule has 0 bridgehead atoms. The molecule has 2 rings (SSSR count). The van der Waals surface area contributed by atoms with Gasteiger partial charge in [-0.05, 0) is 49.4 Å². The quantitative estimate of drug-likeness (QED) is 0.786. The van der Waals surface area contributed by atoms with Gasteiger partial charge in [0.1, 0.15) is 6.61 Å². The largest absolute Gasteiger partial charge is 0.372 e. The topological polar surface area (TPSA) is 84.5 Å². The monoisotopic (exact) mass is 368 g/mol. The van der Waals surface area contributed by atoms with Gasteiger partial charge in [-0.15, -0.1) is 0 Å². The summed E-state index contributed by atoms with van der Waals surface area (Å²) < 4.78 is 32.3. The number of amides is 1. The van der Waals surface area contributed by atoms with E-state index in [-0.39, 0.29) is 17.4 Å². The van der Waals surface area contributed by atoms with Crippen LogP contribution in [0.5, 0.6) is 0 Å². The maximum atomic E-state index is 12.4. The van der Waals surface area contributed by atoms with Crippen molar-refractivity contribution in [3.63, 3.8) is 0 Å². The number of hydrogen-bond acceptors (Lipinski definition) is 4. The van der Waals surface area contributed by atoms with Gasteiger partial charge in [0.25, 0.3) is 10.0 Å². The summed E-state index contributed by atoms with van der Waals surface area (Å²) in [5, 5.41) is 3.10. The summed E-state index contributed by atoms with van der Waals surface area (Å²) in [4.78, 5) is 11.7. The molecule has 0 aliphatic rings. The summed E-state index contributed by atoms with van der Waals surface area (Å²) in [6.07, 6.45) is 0. The number of rotatable bonds is 7. The predicted molar refractivity (Wildman–Crippen MR) is 93.8 cm³/mol. The van der Waals surface area contributed by atoms with E-state index >= 15 is 0 Å². The van der Waals surface area contributed by atoms with E-state index in [1.165, 1.54) is 12.1 Å². The molecule has 0 atom stereocenters. The van der Waals surface area contributed by atoms with E-state index < -0.39 is 10.0 Å². The average Bonchev–Trinajstić information content (AvgIpc) is 2.55. The molecule has 0 spiro atoms. The van der Waals surface area contributed by atoms with Crippen LogP contribution < -0.4 is 10.0 Å². The van der Waals surface area contributed by atoms with E-state index in [4.69, 9.17) is 16.3 Å². The van der Waals surface area contributed by atoms with Crippen LogP contribution in [0.2, 0.25) is 5.02 Å². The first-order valence-corrected chi connectivity index (χ1v) is 9.03. The van der Waals surface area contributed by atoms with Gasteiger partial charge in [0.05, 0.1) is 4.90 Å². The Morgan fingerprint density at radius 2 is 1.83 bits per heavy atom. The summed E-state index contributed by atoms with van der Waals surface area (Å²) >= 11 is 5.78. The van der Waals surface area contributed by atoms with Gasteiger partial charge in [-0.2, -0.15) is 0 Å². The number of hydrogen-bond donors (Lipinski definition) is 2. The molecule has 24 heavy (non-hydrogen) atoms. The molecular formula is C16H17ClN2O4S. The number of anilines is 2. The lowest BCUT2D eigenvalue weighted by atomic mass is 10.3. The zero-order valence-electron chi connectivity index (χ0n) is 13.0. The van der Waals surface area contributed by atoms with Gasteiger partial charge < -0.3 is 10.1 Å². The molecule has 2 N–H and O–H groups in total. The molecular weight excluding hydrogens is 352 g/mol. The standard InChI is InChI=1S/C16H17ClN2O4S/c1-2-23-11-16(20)18-14-4-3-5-15(10-14)24(21,22)19-13-8-6-12(17)7-9-13/h3-10,19H,2,11H2,1H3,(H,18,20). The number of carbonyl (C=O) groups excluding carboxylic acids is 1. The van der Waals surface area contributed by atoms with Crippen molar-refractivity contribution in [1.82, 2.24) is 0 Å². The van der Waals surface area contributed by atoms with Crippen molar-refractivity contribution in [3.05, 3.63) is 53.6 Å². The van der Waals surface area contributed by atoms with Crippen molar-refractivity contribution in [3.8, 4) is 0 Å². The summed E-state index contributed by atoms with van der Waals surface area (Å²) in [5.74, 6) is -0.350. The third-order valence-electron chi connectivity index (χ3n) is 2.96. The Hall–Kier alpha value is -2.09. The summed E-state index contributed by atoms with van der Waals surface area (Å²) in [6.45, 7) is 2.12. The Morgan fingerprint density at radius 1 is 1.12 bits per heavy atom. The second-order valence-corrected chi connectivity index (χ2v) is 6.94. The molecule has 0 aromatic heterocycles. The van der Waals surface area contributed by atoms with Crippen LogP contribution in [0, 0.1) is 0 Å². The molecule has 8 heteroatoms. The lowest BCUT2D eigenvalue weighted by Crippen LogP contribution is -2.19. The minimum Gasteiger partial charge on any atom is -0.372 e. The third kappa shape index (κ3) is 5.23. The first kappa shape index (κ1) is 18.3. The summed E-state index contributed by atoms with van der Waals surface area (Å²) in [7, 11) is -3.78. The highest BCUT2D eigenvalue weighted by molar-refractivity contribution is 7.92. The van der Waals surface area contributed by atoms with E-state index in [0.717, 1.165) is 0 Å². The van der Waals surface area contributed by atoms with Gasteiger partial charge in [-0.1, -0.05) is 17.7 Å². The average molecular weight is 369 g/mol. The molecule has 0 saturated carbocycles. The second kappa shape index (κ2) is 8.14. The van der Waals surface area contributed by atoms with Crippen LogP contribution in [-0.4, -0.2) is 27.5 Å². The maximum Gasteiger partial charge on any atom is 0.261 e. The van der Waals surface area contributed by atoms with Crippen LogP contribution in [0.25, 0.3) is 0 Å². The van der Waals surface area contributed by atoms with E-state index in [1.807, 2.05) is 0 Å². The fourth-order valence-electron chi connectivity index (χ4n) is 1.86. The highest BCUT2D eigenvalue weighted by Gasteiger charge is 2.15. The molecule has 0 radical (unpaired) electrons. The Labute approximate surface area is 145 Å². The molecule has 0 unspecified atom stereocenters. The molecule has 0 heterocycles. The van der Waals surface area contributed by atoms with Crippen molar-refractivity contribution in [2.75, 3.05) is 23.3 Å². The van der Waals surface area contributed by atoms with Crippen LogP contribution in [-0.2, 0) is 19.6 Å². The highest BCUT2D eigenvalue weighted by atomic mass is 35.5. The zero-order valence-corrected chi connectivity index (χ0v) is 14.5. The molecule has 6 nitrogen and oxygen atoms in total. The van der Waals surface area contributed by atoms with E-state index in [0.29, 0.717) is 23.0 Å². The number of halogens is 1. The molecule has 0 aliphatic heterocycles. The Bertz CT molecular complexity index is 807. The molecule has 1 amide bonds. The Kier molecular flexibility index (Phi) is 6.19.